The number of hydrogen-bond donors (Lipinski definition) is 0. The molecule has 0 radical (unpaired) electrons. The Bertz CT molecular complexity index is 565. The number of benzene rings is 1. The predicted octanol–water partition coefficient (Wildman–Crippen LogP) is 1.73. The Morgan fingerprint density at radius 2 is 2.11 bits per heavy atom. The second-order valence-electron chi connectivity index (χ2n) is 4.56. The maximum absolute atomic E-state index is 11.8. The van der Waals surface area contributed by atoms with Crippen LogP contribution in [0, 0.1) is 0 Å². The second kappa shape index (κ2) is 5.32. The van der Waals surface area contributed by atoms with Gasteiger partial charge in [-0.05, 0) is 5.56 Å². The third-order valence-electron chi connectivity index (χ3n) is 3.15. The van der Waals surface area contributed by atoms with Gasteiger partial charge in [0.15, 0.2) is 5.82 Å². The molecule has 0 bridgehead atoms. The van der Waals surface area contributed by atoms with Crippen LogP contribution in [0.3, 0.4) is 0 Å². The van der Waals surface area contributed by atoms with Gasteiger partial charge in [-0.25, -0.2) is 0 Å². The summed E-state index contributed by atoms with van der Waals surface area (Å²) in [5, 5.41) is 3.93. The molecule has 1 atom stereocenters. The summed E-state index contributed by atoms with van der Waals surface area (Å²) >= 11 is 0. The molecule has 1 saturated heterocycles. The molecule has 5 nitrogen and oxygen atoms in total. The van der Waals surface area contributed by atoms with E-state index in [-0.39, 0.29) is 5.78 Å². The standard InChI is InChI=1S/C14H14N2O3/c17-12-6-7-18-9-11(12)14-15-13(16-19-14)8-10-4-2-1-3-5-10/h1-5,11H,6-9H2. The van der Waals surface area contributed by atoms with Gasteiger partial charge in [0, 0.05) is 12.8 Å². The highest BCUT2D eigenvalue weighted by Crippen LogP contribution is 2.21. The summed E-state index contributed by atoms with van der Waals surface area (Å²) in [6.45, 7) is 0.826. The molecule has 98 valence electrons. The highest BCUT2D eigenvalue weighted by atomic mass is 16.5. The minimum Gasteiger partial charge on any atom is -0.380 e. The lowest BCUT2D eigenvalue weighted by molar-refractivity contribution is -0.127. The van der Waals surface area contributed by atoms with Gasteiger partial charge < -0.3 is 9.26 Å². The van der Waals surface area contributed by atoms with Crippen LogP contribution in [0.2, 0.25) is 0 Å². The molecule has 0 amide bonds. The van der Waals surface area contributed by atoms with Crippen molar-refractivity contribution in [1.82, 2.24) is 10.1 Å². The Kier molecular flexibility index (Phi) is 3.37. The molecule has 1 aliphatic rings. The maximum atomic E-state index is 11.8. The summed E-state index contributed by atoms with van der Waals surface area (Å²) in [4.78, 5) is 16.1. The molecule has 0 aliphatic carbocycles. The van der Waals surface area contributed by atoms with Crippen LogP contribution >= 0.6 is 0 Å². The van der Waals surface area contributed by atoms with Crippen molar-refractivity contribution in [3.05, 3.63) is 47.6 Å². The van der Waals surface area contributed by atoms with Crippen LogP contribution < -0.4 is 0 Å². The van der Waals surface area contributed by atoms with Gasteiger partial charge in [0.2, 0.25) is 5.89 Å². The first-order valence-corrected chi connectivity index (χ1v) is 6.30. The van der Waals surface area contributed by atoms with Gasteiger partial charge in [-0.15, -0.1) is 0 Å². The van der Waals surface area contributed by atoms with E-state index in [9.17, 15) is 4.79 Å². The van der Waals surface area contributed by atoms with Gasteiger partial charge in [0.05, 0.1) is 13.2 Å². The molecular formula is C14H14N2O3. The van der Waals surface area contributed by atoms with E-state index in [1.165, 1.54) is 0 Å². The highest BCUT2D eigenvalue weighted by Gasteiger charge is 2.29. The number of aromatic nitrogens is 2. The molecule has 5 heteroatoms. The number of ether oxygens (including phenoxy) is 1. The van der Waals surface area contributed by atoms with Crippen LogP contribution in [0.15, 0.2) is 34.9 Å². The zero-order chi connectivity index (χ0) is 13.1. The molecule has 1 fully saturated rings. The Balaban J connectivity index is 1.74. The molecular weight excluding hydrogens is 244 g/mol. The Morgan fingerprint density at radius 1 is 1.26 bits per heavy atom. The van der Waals surface area contributed by atoms with Gasteiger partial charge in [0.1, 0.15) is 11.7 Å². The molecule has 1 aromatic heterocycles. The van der Waals surface area contributed by atoms with Crippen molar-refractivity contribution in [2.75, 3.05) is 13.2 Å². The number of nitrogens with zero attached hydrogens (tertiary/aromatic N) is 2. The normalized spacial score (nSPS) is 19.6. The van der Waals surface area contributed by atoms with Crippen LogP contribution in [-0.4, -0.2) is 29.1 Å². The number of hydrogen-bond acceptors (Lipinski definition) is 5. The molecule has 3 rings (SSSR count). The van der Waals surface area contributed by atoms with E-state index in [1.807, 2.05) is 30.3 Å². The van der Waals surface area contributed by atoms with Crippen molar-refractivity contribution in [3.8, 4) is 0 Å². The first kappa shape index (κ1) is 12.0. The van der Waals surface area contributed by atoms with Crippen molar-refractivity contribution in [1.29, 1.82) is 0 Å². The van der Waals surface area contributed by atoms with Gasteiger partial charge in [-0.3, -0.25) is 4.79 Å². The van der Waals surface area contributed by atoms with Gasteiger partial charge in [-0.2, -0.15) is 4.98 Å². The highest BCUT2D eigenvalue weighted by molar-refractivity contribution is 5.85. The zero-order valence-electron chi connectivity index (χ0n) is 10.4. The van der Waals surface area contributed by atoms with Gasteiger partial charge >= 0.3 is 0 Å². The summed E-state index contributed by atoms with van der Waals surface area (Å²) in [5.41, 5.74) is 1.11. The molecule has 19 heavy (non-hydrogen) atoms. The summed E-state index contributed by atoms with van der Waals surface area (Å²) in [6, 6.07) is 9.91. The number of carbonyl (C=O) groups is 1. The fraction of sp³-hybridized carbons (Fsp3) is 0.357. The number of carbonyl (C=O) groups excluding carboxylic acids is 1. The monoisotopic (exact) mass is 258 g/mol. The molecule has 0 saturated carbocycles. The average Bonchev–Trinajstić information content (AvgIpc) is 2.89. The van der Waals surface area contributed by atoms with Crippen molar-refractivity contribution in [2.45, 2.75) is 18.8 Å². The van der Waals surface area contributed by atoms with Crippen molar-refractivity contribution in [3.63, 3.8) is 0 Å². The van der Waals surface area contributed by atoms with E-state index in [1.54, 1.807) is 0 Å². The minimum absolute atomic E-state index is 0.112. The zero-order valence-corrected chi connectivity index (χ0v) is 10.4. The predicted molar refractivity (Wildman–Crippen MR) is 66.7 cm³/mol. The average molecular weight is 258 g/mol. The van der Waals surface area contributed by atoms with Crippen LogP contribution in [0.1, 0.15) is 29.6 Å². The van der Waals surface area contributed by atoms with Gasteiger partial charge in [0.25, 0.3) is 0 Å². The van der Waals surface area contributed by atoms with E-state index in [4.69, 9.17) is 9.26 Å². The maximum Gasteiger partial charge on any atom is 0.239 e. The second-order valence-corrected chi connectivity index (χ2v) is 4.56. The van der Waals surface area contributed by atoms with E-state index < -0.39 is 5.92 Å². The lowest BCUT2D eigenvalue weighted by Crippen LogP contribution is -2.25. The third-order valence-corrected chi connectivity index (χ3v) is 3.15. The van der Waals surface area contributed by atoms with Crippen molar-refractivity contribution in [2.24, 2.45) is 0 Å². The van der Waals surface area contributed by atoms with E-state index >= 15 is 0 Å². The Hall–Kier alpha value is -2.01. The van der Waals surface area contributed by atoms with E-state index in [0.717, 1.165) is 5.56 Å². The fourth-order valence-electron chi connectivity index (χ4n) is 2.11. The topological polar surface area (TPSA) is 65.2 Å². The third kappa shape index (κ3) is 2.71. The first-order chi connectivity index (χ1) is 9.33. The minimum atomic E-state index is -0.397. The van der Waals surface area contributed by atoms with Crippen LogP contribution in [0.5, 0.6) is 0 Å². The smallest absolute Gasteiger partial charge is 0.239 e. The Labute approximate surface area is 110 Å². The molecule has 0 N–H and O–H groups in total. The summed E-state index contributed by atoms with van der Waals surface area (Å²) in [6.07, 6.45) is 1.02. The quantitative estimate of drug-likeness (QED) is 0.838. The molecule has 2 heterocycles. The largest absolute Gasteiger partial charge is 0.380 e. The van der Waals surface area contributed by atoms with Crippen LogP contribution in [-0.2, 0) is 16.0 Å². The first-order valence-electron chi connectivity index (χ1n) is 6.30. The fourth-order valence-corrected chi connectivity index (χ4v) is 2.11. The lowest BCUT2D eigenvalue weighted by Gasteiger charge is -2.17. The lowest BCUT2D eigenvalue weighted by atomic mass is 10.0. The number of ketones is 1. The van der Waals surface area contributed by atoms with Crippen molar-refractivity contribution >= 4 is 5.78 Å². The van der Waals surface area contributed by atoms with E-state index in [0.29, 0.717) is 37.8 Å². The molecule has 1 aliphatic heterocycles. The molecule has 1 unspecified atom stereocenters. The van der Waals surface area contributed by atoms with Crippen LogP contribution in [0.25, 0.3) is 0 Å². The molecule has 0 spiro atoms. The van der Waals surface area contributed by atoms with Crippen molar-refractivity contribution < 1.29 is 14.1 Å². The van der Waals surface area contributed by atoms with E-state index in [2.05, 4.69) is 10.1 Å². The number of rotatable bonds is 3. The number of Topliss-reactive ketones (excluding diaryl/α,β-unsaturated/α-hetero) is 1. The summed E-state index contributed by atoms with van der Waals surface area (Å²) in [7, 11) is 0. The molecule has 2 aromatic rings. The summed E-state index contributed by atoms with van der Waals surface area (Å²) in [5.74, 6) is 0.683. The van der Waals surface area contributed by atoms with Gasteiger partial charge in [-0.1, -0.05) is 35.5 Å². The SMILES string of the molecule is O=C1CCOCC1c1nc(Cc2ccccc2)no1. The summed E-state index contributed by atoms with van der Waals surface area (Å²) < 4.78 is 10.5. The Morgan fingerprint density at radius 3 is 2.89 bits per heavy atom. The van der Waals surface area contributed by atoms with Crippen LogP contribution in [0.4, 0.5) is 0 Å². The molecule has 1 aromatic carbocycles.